The molecule has 1 amide bonds. The van der Waals surface area contributed by atoms with Gasteiger partial charge in [-0.15, -0.1) is 0 Å². The Morgan fingerprint density at radius 1 is 1.40 bits per heavy atom. The van der Waals surface area contributed by atoms with Crippen LogP contribution in [0.5, 0.6) is 0 Å². The van der Waals surface area contributed by atoms with Gasteiger partial charge >= 0.3 is 0 Å². The van der Waals surface area contributed by atoms with E-state index < -0.39 is 0 Å². The van der Waals surface area contributed by atoms with Gasteiger partial charge < -0.3 is 4.90 Å². The van der Waals surface area contributed by atoms with Crippen LogP contribution in [0.4, 0.5) is 0 Å². The van der Waals surface area contributed by atoms with Crippen LogP contribution >= 0.6 is 0 Å². The van der Waals surface area contributed by atoms with Gasteiger partial charge in [-0.2, -0.15) is 0 Å². The molecule has 1 heterocycles. The molecule has 3 nitrogen and oxygen atoms in total. The second-order valence-electron chi connectivity index (χ2n) is 4.89. The summed E-state index contributed by atoms with van der Waals surface area (Å²) in [5, 5.41) is 3.29. The zero-order valence-corrected chi connectivity index (χ0v) is 9.67. The second kappa shape index (κ2) is 4.97. The smallest absolute Gasteiger partial charge is 0.240 e. The summed E-state index contributed by atoms with van der Waals surface area (Å²) >= 11 is 0. The highest BCUT2D eigenvalue weighted by Gasteiger charge is 2.30. The molecule has 1 aliphatic heterocycles. The van der Waals surface area contributed by atoms with Crippen LogP contribution < -0.4 is 5.32 Å². The predicted octanol–water partition coefficient (Wildman–Crippen LogP) is 1.73. The molecule has 0 radical (unpaired) electrons. The Kier molecular flexibility index (Phi) is 3.62. The van der Waals surface area contributed by atoms with Crippen molar-refractivity contribution in [2.45, 2.75) is 51.5 Å². The molecule has 1 saturated heterocycles. The molecule has 2 fully saturated rings. The Balaban J connectivity index is 1.66. The Morgan fingerprint density at radius 3 is 2.87 bits per heavy atom. The van der Waals surface area contributed by atoms with Crippen LogP contribution in [-0.4, -0.2) is 30.1 Å². The SMILES string of the molecule is CCCC1NCN(CCCC2CC2)C1=O. The van der Waals surface area contributed by atoms with Crippen molar-refractivity contribution < 1.29 is 4.79 Å². The zero-order valence-electron chi connectivity index (χ0n) is 9.67. The Labute approximate surface area is 92.2 Å². The van der Waals surface area contributed by atoms with Gasteiger partial charge in [-0.25, -0.2) is 0 Å². The van der Waals surface area contributed by atoms with Gasteiger partial charge in [0.15, 0.2) is 0 Å². The average Bonchev–Trinajstić information content (AvgIpc) is 2.98. The van der Waals surface area contributed by atoms with E-state index in [1.54, 1.807) is 0 Å². The topological polar surface area (TPSA) is 32.3 Å². The Bertz CT molecular complexity index is 226. The van der Waals surface area contributed by atoms with Crippen LogP contribution in [0.1, 0.15) is 45.4 Å². The Morgan fingerprint density at radius 2 is 2.20 bits per heavy atom. The molecule has 86 valence electrons. The first kappa shape index (κ1) is 10.9. The molecule has 1 saturated carbocycles. The highest BCUT2D eigenvalue weighted by atomic mass is 16.2. The van der Waals surface area contributed by atoms with E-state index in [0.717, 1.165) is 32.0 Å². The van der Waals surface area contributed by atoms with Crippen LogP contribution in [0, 0.1) is 5.92 Å². The van der Waals surface area contributed by atoms with E-state index in [-0.39, 0.29) is 6.04 Å². The monoisotopic (exact) mass is 210 g/mol. The van der Waals surface area contributed by atoms with Crippen molar-refractivity contribution in [3.8, 4) is 0 Å². The molecule has 0 aromatic carbocycles. The van der Waals surface area contributed by atoms with Gasteiger partial charge in [0.1, 0.15) is 0 Å². The molecule has 1 N–H and O–H groups in total. The summed E-state index contributed by atoms with van der Waals surface area (Å²) in [6.45, 7) is 3.86. The van der Waals surface area contributed by atoms with Crippen LogP contribution in [0.25, 0.3) is 0 Å². The van der Waals surface area contributed by atoms with Crippen LogP contribution in [0.15, 0.2) is 0 Å². The van der Waals surface area contributed by atoms with Gasteiger partial charge in [0.25, 0.3) is 0 Å². The minimum Gasteiger partial charge on any atom is -0.329 e. The molecule has 0 bridgehead atoms. The summed E-state index contributed by atoms with van der Waals surface area (Å²) in [5.41, 5.74) is 0. The van der Waals surface area contributed by atoms with E-state index in [9.17, 15) is 4.79 Å². The predicted molar refractivity (Wildman–Crippen MR) is 60.4 cm³/mol. The van der Waals surface area contributed by atoms with Gasteiger partial charge in [-0.1, -0.05) is 26.2 Å². The first-order valence-electron chi connectivity index (χ1n) is 6.33. The second-order valence-corrected chi connectivity index (χ2v) is 4.89. The van der Waals surface area contributed by atoms with E-state index in [0.29, 0.717) is 5.91 Å². The van der Waals surface area contributed by atoms with E-state index in [1.165, 1.54) is 25.7 Å². The minimum atomic E-state index is 0.107. The molecule has 2 rings (SSSR count). The van der Waals surface area contributed by atoms with Crippen molar-refractivity contribution in [2.24, 2.45) is 5.92 Å². The fourth-order valence-electron chi connectivity index (χ4n) is 2.29. The van der Waals surface area contributed by atoms with E-state index >= 15 is 0 Å². The summed E-state index contributed by atoms with van der Waals surface area (Å²) in [5.74, 6) is 1.31. The van der Waals surface area contributed by atoms with Gasteiger partial charge in [0.2, 0.25) is 5.91 Å². The Hall–Kier alpha value is -0.570. The van der Waals surface area contributed by atoms with E-state index in [1.807, 2.05) is 4.90 Å². The van der Waals surface area contributed by atoms with Gasteiger partial charge in [0, 0.05) is 6.54 Å². The van der Waals surface area contributed by atoms with Crippen LogP contribution in [0.2, 0.25) is 0 Å². The molecule has 1 aliphatic carbocycles. The summed E-state index contributed by atoms with van der Waals surface area (Å²) in [7, 11) is 0. The first-order chi connectivity index (χ1) is 7.31. The molecule has 1 atom stereocenters. The molecular weight excluding hydrogens is 188 g/mol. The van der Waals surface area contributed by atoms with Crippen molar-refractivity contribution in [3.05, 3.63) is 0 Å². The molecule has 0 aromatic rings. The maximum atomic E-state index is 11.9. The number of amides is 1. The maximum absolute atomic E-state index is 11.9. The summed E-state index contributed by atoms with van der Waals surface area (Å²) in [6.07, 6.45) is 7.42. The molecule has 1 unspecified atom stereocenters. The lowest BCUT2D eigenvalue weighted by molar-refractivity contribution is -0.129. The lowest BCUT2D eigenvalue weighted by Crippen LogP contribution is -2.31. The quantitative estimate of drug-likeness (QED) is 0.724. The number of carbonyl (C=O) groups is 1. The van der Waals surface area contributed by atoms with Crippen molar-refractivity contribution in [2.75, 3.05) is 13.2 Å². The van der Waals surface area contributed by atoms with Gasteiger partial charge in [0.05, 0.1) is 12.7 Å². The highest BCUT2D eigenvalue weighted by Crippen LogP contribution is 2.33. The number of carbonyl (C=O) groups excluding carboxylic acids is 1. The third-order valence-corrected chi connectivity index (χ3v) is 3.45. The summed E-state index contributed by atoms with van der Waals surface area (Å²) in [6, 6.07) is 0.107. The van der Waals surface area contributed by atoms with Crippen molar-refractivity contribution >= 4 is 5.91 Å². The number of hydrogen-bond donors (Lipinski definition) is 1. The largest absolute Gasteiger partial charge is 0.329 e. The van der Waals surface area contributed by atoms with Crippen molar-refractivity contribution in [3.63, 3.8) is 0 Å². The van der Waals surface area contributed by atoms with Crippen LogP contribution in [0.3, 0.4) is 0 Å². The van der Waals surface area contributed by atoms with Gasteiger partial charge in [-0.05, 0) is 25.2 Å². The fourth-order valence-corrected chi connectivity index (χ4v) is 2.29. The van der Waals surface area contributed by atoms with Gasteiger partial charge in [-0.3, -0.25) is 10.1 Å². The standard InChI is InChI=1S/C12H22N2O/c1-2-4-11-12(15)14(9-13-11)8-3-5-10-6-7-10/h10-11,13H,2-9H2,1H3. The average molecular weight is 210 g/mol. The number of nitrogens with zero attached hydrogens (tertiary/aromatic N) is 1. The molecule has 0 spiro atoms. The van der Waals surface area contributed by atoms with Crippen molar-refractivity contribution in [1.82, 2.24) is 10.2 Å². The normalized spacial score (nSPS) is 26.3. The maximum Gasteiger partial charge on any atom is 0.240 e. The zero-order chi connectivity index (χ0) is 10.7. The third kappa shape index (κ3) is 2.94. The van der Waals surface area contributed by atoms with E-state index in [2.05, 4.69) is 12.2 Å². The summed E-state index contributed by atoms with van der Waals surface area (Å²) < 4.78 is 0. The lowest BCUT2D eigenvalue weighted by Gasteiger charge is -2.14. The molecule has 3 heteroatoms. The summed E-state index contributed by atoms with van der Waals surface area (Å²) in [4.78, 5) is 13.8. The molecular formula is C12H22N2O. The van der Waals surface area contributed by atoms with Crippen molar-refractivity contribution in [1.29, 1.82) is 0 Å². The number of hydrogen-bond acceptors (Lipinski definition) is 2. The molecule has 15 heavy (non-hydrogen) atoms. The van der Waals surface area contributed by atoms with Crippen LogP contribution in [-0.2, 0) is 4.79 Å². The lowest BCUT2D eigenvalue weighted by atomic mass is 10.1. The third-order valence-electron chi connectivity index (χ3n) is 3.45. The molecule has 0 aromatic heterocycles. The minimum absolute atomic E-state index is 0.107. The fraction of sp³-hybridized carbons (Fsp3) is 0.917. The number of rotatable bonds is 6. The first-order valence-corrected chi connectivity index (χ1v) is 6.33. The number of nitrogens with one attached hydrogen (secondary N) is 1. The molecule has 2 aliphatic rings. The highest BCUT2D eigenvalue weighted by molar-refractivity contribution is 5.83. The van der Waals surface area contributed by atoms with E-state index in [4.69, 9.17) is 0 Å².